The third kappa shape index (κ3) is 3.14. The highest BCUT2D eigenvalue weighted by Gasteiger charge is 2.12. The Morgan fingerprint density at radius 1 is 1.41 bits per heavy atom. The van der Waals surface area contributed by atoms with Gasteiger partial charge in [-0.2, -0.15) is 0 Å². The maximum absolute atomic E-state index is 5.30. The van der Waals surface area contributed by atoms with Crippen molar-refractivity contribution in [2.24, 2.45) is 0 Å². The topological polar surface area (TPSA) is 51.0 Å². The maximum Gasteiger partial charge on any atom is 0.134 e. The highest BCUT2D eigenvalue weighted by atomic mass is 32.1. The van der Waals surface area contributed by atoms with E-state index in [2.05, 4.69) is 22.4 Å². The van der Waals surface area contributed by atoms with Crippen molar-refractivity contribution in [2.45, 2.75) is 32.2 Å². The number of aryl methyl sites for hydroxylation is 2. The molecule has 2 heterocycles. The molecule has 0 aliphatic rings. The molecule has 17 heavy (non-hydrogen) atoms. The Kier molecular flexibility index (Phi) is 4.28. The summed E-state index contributed by atoms with van der Waals surface area (Å²) in [5, 5.41) is 13.8. The van der Waals surface area contributed by atoms with Crippen LogP contribution in [-0.2, 0) is 12.8 Å². The van der Waals surface area contributed by atoms with Crippen molar-refractivity contribution in [3.63, 3.8) is 0 Å². The van der Waals surface area contributed by atoms with E-state index in [1.807, 2.05) is 19.2 Å². The van der Waals surface area contributed by atoms with Gasteiger partial charge in [0.1, 0.15) is 15.8 Å². The summed E-state index contributed by atoms with van der Waals surface area (Å²) in [6, 6.07) is 4.23. The Morgan fingerprint density at radius 3 is 2.94 bits per heavy atom. The molecule has 0 bridgehead atoms. The second-order valence-corrected chi connectivity index (χ2v) is 4.96. The zero-order valence-corrected chi connectivity index (χ0v) is 11.0. The maximum atomic E-state index is 5.30. The third-order valence-corrected chi connectivity index (χ3v) is 3.80. The molecule has 0 aromatic carbocycles. The molecular weight excluding hydrogens is 234 g/mol. The van der Waals surface area contributed by atoms with Crippen LogP contribution in [0.3, 0.4) is 0 Å². The molecule has 1 unspecified atom stereocenters. The Balaban J connectivity index is 1.94. The van der Waals surface area contributed by atoms with E-state index < -0.39 is 0 Å². The summed E-state index contributed by atoms with van der Waals surface area (Å²) in [5.74, 6) is 1.00. The molecular formula is C12H17N3OS. The van der Waals surface area contributed by atoms with Crippen LogP contribution in [0.5, 0.6) is 0 Å². The van der Waals surface area contributed by atoms with Crippen molar-refractivity contribution in [3.05, 3.63) is 34.2 Å². The Morgan fingerprint density at radius 2 is 2.29 bits per heavy atom. The predicted molar refractivity (Wildman–Crippen MR) is 68.1 cm³/mol. The molecule has 0 radical (unpaired) electrons. The van der Waals surface area contributed by atoms with Gasteiger partial charge in [0.05, 0.1) is 12.3 Å². The van der Waals surface area contributed by atoms with E-state index >= 15 is 0 Å². The summed E-state index contributed by atoms with van der Waals surface area (Å²) in [6.45, 7) is 2.14. The van der Waals surface area contributed by atoms with Gasteiger partial charge < -0.3 is 9.73 Å². The van der Waals surface area contributed by atoms with Gasteiger partial charge in [0.2, 0.25) is 0 Å². The molecule has 92 valence electrons. The Labute approximate surface area is 105 Å². The van der Waals surface area contributed by atoms with Gasteiger partial charge in [-0.3, -0.25) is 0 Å². The number of nitrogens with zero attached hydrogens (tertiary/aromatic N) is 2. The lowest BCUT2D eigenvalue weighted by Gasteiger charge is -2.07. The molecule has 0 aliphatic heterocycles. The first kappa shape index (κ1) is 12.3. The third-order valence-electron chi connectivity index (χ3n) is 2.70. The van der Waals surface area contributed by atoms with Crippen LogP contribution in [0, 0.1) is 0 Å². The van der Waals surface area contributed by atoms with Crippen molar-refractivity contribution in [1.82, 2.24) is 15.5 Å². The largest absolute Gasteiger partial charge is 0.469 e. The van der Waals surface area contributed by atoms with Gasteiger partial charge in [-0.1, -0.05) is 18.3 Å². The number of rotatable bonds is 6. The first-order valence-corrected chi connectivity index (χ1v) is 6.67. The van der Waals surface area contributed by atoms with Gasteiger partial charge in [0.25, 0.3) is 0 Å². The van der Waals surface area contributed by atoms with E-state index in [0.29, 0.717) is 6.04 Å². The van der Waals surface area contributed by atoms with Crippen LogP contribution in [0.4, 0.5) is 0 Å². The van der Waals surface area contributed by atoms with Crippen molar-refractivity contribution in [3.8, 4) is 0 Å². The zero-order valence-electron chi connectivity index (χ0n) is 10.1. The summed E-state index contributed by atoms with van der Waals surface area (Å²) in [4.78, 5) is 0. The minimum Gasteiger partial charge on any atom is -0.469 e. The first-order valence-electron chi connectivity index (χ1n) is 5.85. The van der Waals surface area contributed by atoms with Crippen LogP contribution >= 0.6 is 11.3 Å². The smallest absolute Gasteiger partial charge is 0.134 e. The van der Waals surface area contributed by atoms with Gasteiger partial charge in [-0.05, 0) is 25.6 Å². The highest BCUT2D eigenvalue weighted by molar-refractivity contribution is 7.11. The number of furan rings is 1. The molecule has 2 aromatic heterocycles. The first-order chi connectivity index (χ1) is 8.33. The summed E-state index contributed by atoms with van der Waals surface area (Å²) in [6.07, 6.45) is 4.52. The lowest BCUT2D eigenvalue weighted by Crippen LogP contribution is -2.14. The fourth-order valence-electron chi connectivity index (χ4n) is 1.70. The number of nitrogens with one attached hydrogen (secondary N) is 1. The van der Waals surface area contributed by atoms with E-state index in [1.165, 1.54) is 0 Å². The number of hydrogen-bond acceptors (Lipinski definition) is 5. The van der Waals surface area contributed by atoms with Crippen LogP contribution in [0.2, 0.25) is 0 Å². The van der Waals surface area contributed by atoms with Crippen LogP contribution in [0.25, 0.3) is 0 Å². The van der Waals surface area contributed by atoms with Crippen molar-refractivity contribution in [1.29, 1.82) is 0 Å². The predicted octanol–water partition coefficient (Wildman–Crippen LogP) is 2.59. The second kappa shape index (κ2) is 5.93. The normalized spacial score (nSPS) is 12.8. The lowest BCUT2D eigenvalue weighted by molar-refractivity contribution is 0.508. The second-order valence-electron chi connectivity index (χ2n) is 3.86. The molecule has 0 fully saturated rings. The average molecular weight is 251 g/mol. The highest BCUT2D eigenvalue weighted by Crippen LogP contribution is 2.21. The minimum atomic E-state index is 0.324. The fraction of sp³-hybridized carbons (Fsp3) is 0.500. The zero-order chi connectivity index (χ0) is 12.1. The number of hydrogen-bond donors (Lipinski definition) is 1. The van der Waals surface area contributed by atoms with E-state index in [0.717, 1.165) is 35.0 Å². The monoisotopic (exact) mass is 251 g/mol. The Bertz CT molecular complexity index is 434. The molecule has 1 N–H and O–H groups in total. The summed E-state index contributed by atoms with van der Waals surface area (Å²) >= 11 is 1.69. The SMILES string of the molecule is CCC(NC)c1nnc(CCc2ccco2)s1. The number of aromatic nitrogens is 2. The van der Waals surface area contributed by atoms with Crippen LogP contribution < -0.4 is 5.32 Å². The quantitative estimate of drug-likeness (QED) is 0.857. The fourth-order valence-corrected chi connectivity index (χ4v) is 2.73. The molecule has 0 saturated carbocycles. The van der Waals surface area contributed by atoms with Crippen LogP contribution in [0.1, 0.15) is 35.2 Å². The van der Waals surface area contributed by atoms with Crippen LogP contribution in [-0.4, -0.2) is 17.2 Å². The van der Waals surface area contributed by atoms with Crippen molar-refractivity contribution >= 4 is 11.3 Å². The van der Waals surface area contributed by atoms with Crippen molar-refractivity contribution in [2.75, 3.05) is 7.05 Å². The molecule has 0 amide bonds. The molecule has 0 aliphatic carbocycles. The van der Waals surface area contributed by atoms with E-state index in [4.69, 9.17) is 4.42 Å². The minimum absolute atomic E-state index is 0.324. The van der Waals surface area contributed by atoms with Crippen LogP contribution in [0.15, 0.2) is 22.8 Å². The van der Waals surface area contributed by atoms with E-state index in [-0.39, 0.29) is 0 Å². The van der Waals surface area contributed by atoms with Gasteiger partial charge >= 0.3 is 0 Å². The van der Waals surface area contributed by atoms with E-state index in [9.17, 15) is 0 Å². The molecule has 1 atom stereocenters. The molecule has 0 saturated heterocycles. The molecule has 4 nitrogen and oxygen atoms in total. The molecule has 5 heteroatoms. The van der Waals surface area contributed by atoms with Gasteiger partial charge in [0.15, 0.2) is 0 Å². The lowest BCUT2D eigenvalue weighted by atomic mass is 10.2. The summed E-state index contributed by atoms with van der Waals surface area (Å²) in [5.41, 5.74) is 0. The molecule has 2 rings (SSSR count). The molecule has 0 spiro atoms. The van der Waals surface area contributed by atoms with Crippen molar-refractivity contribution < 1.29 is 4.42 Å². The summed E-state index contributed by atoms with van der Waals surface area (Å²) in [7, 11) is 1.96. The Hall–Kier alpha value is -1.20. The van der Waals surface area contributed by atoms with Gasteiger partial charge in [-0.25, -0.2) is 0 Å². The van der Waals surface area contributed by atoms with E-state index in [1.54, 1.807) is 17.6 Å². The molecule has 2 aromatic rings. The summed E-state index contributed by atoms with van der Waals surface area (Å²) < 4.78 is 5.30. The van der Waals surface area contributed by atoms with Gasteiger partial charge in [0, 0.05) is 12.8 Å². The standard InChI is InChI=1S/C12H17N3OS/c1-3-10(13-2)12-15-14-11(17-12)7-6-9-5-4-8-16-9/h4-5,8,10,13H,3,6-7H2,1-2H3. The van der Waals surface area contributed by atoms with Gasteiger partial charge in [-0.15, -0.1) is 10.2 Å². The average Bonchev–Trinajstić information content (AvgIpc) is 2.99.